The molecule has 0 spiro atoms. The highest BCUT2D eigenvalue weighted by atomic mass is 15.2. The van der Waals surface area contributed by atoms with Crippen LogP contribution in [0.5, 0.6) is 0 Å². The average molecular weight is 717 g/mol. The van der Waals surface area contributed by atoms with Gasteiger partial charge in [0.15, 0.2) is 0 Å². The van der Waals surface area contributed by atoms with Crippen LogP contribution in [0, 0.1) is 0 Å². The number of hydrogen-bond donors (Lipinski definition) is 0. The summed E-state index contributed by atoms with van der Waals surface area (Å²) in [5.74, 6) is 0.359. The number of allylic oxidation sites excluding steroid dienone is 2. The van der Waals surface area contributed by atoms with Crippen molar-refractivity contribution in [3.8, 4) is 44.5 Å². The second-order valence-electron chi connectivity index (χ2n) is 14.5. The molecular weight excluding hydrogens is 677 g/mol. The maximum atomic E-state index is 2.50. The summed E-state index contributed by atoms with van der Waals surface area (Å²) < 4.78 is 0. The molecule has 2 heteroatoms. The van der Waals surface area contributed by atoms with Crippen molar-refractivity contribution in [2.45, 2.75) is 12.0 Å². The van der Waals surface area contributed by atoms with Gasteiger partial charge >= 0.3 is 0 Å². The van der Waals surface area contributed by atoms with E-state index in [1.165, 1.54) is 61.4 Å². The van der Waals surface area contributed by atoms with Crippen molar-refractivity contribution in [1.82, 2.24) is 0 Å². The van der Waals surface area contributed by atoms with E-state index in [-0.39, 0.29) is 6.04 Å². The Morgan fingerprint density at radius 1 is 0.357 bits per heavy atom. The Morgan fingerprint density at radius 2 is 0.875 bits per heavy atom. The largest absolute Gasteiger partial charge is 0.333 e. The van der Waals surface area contributed by atoms with Gasteiger partial charge in [0.25, 0.3) is 0 Å². The van der Waals surface area contributed by atoms with Crippen LogP contribution in [-0.4, -0.2) is 6.04 Å². The van der Waals surface area contributed by atoms with Gasteiger partial charge in [0, 0.05) is 34.4 Å². The van der Waals surface area contributed by atoms with Gasteiger partial charge in [0.1, 0.15) is 0 Å². The Morgan fingerprint density at radius 3 is 1.52 bits per heavy atom. The van der Waals surface area contributed by atoms with Crippen LogP contribution in [0.1, 0.15) is 11.5 Å². The van der Waals surface area contributed by atoms with Gasteiger partial charge in [0.2, 0.25) is 0 Å². The van der Waals surface area contributed by atoms with Crippen molar-refractivity contribution < 1.29 is 0 Å². The summed E-state index contributed by atoms with van der Waals surface area (Å²) in [6.07, 6.45) is 9.04. The topological polar surface area (TPSA) is 6.48 Å². The predicted molar refractivity (Wildman–Crippen MR) is 236 cm³/mol. The number of rotatable bonds is 8. The summed E-state index contributed by atoms with van der Waals surface area (Å²) >= 11 is 0. The normalized spacial score (nSPS) is 15.3. The Hall–Kier alpha value is -7.16. The molecule has 0 bridgehead atoms. The SMILES string of the molecule is C1=CC2c3ccccc3N(c3ccc(-c4ccc(N(c5cccc(-c6ccccc6)c5)c5cccc(-c6ccccc6)c5)cc4-c4ccccc4)cc3)C2C=C1. The van der Waals surface area contributed by atoms with E-state index in [2.05, 4.69) is 240 Å². The van der Waals surface area contributed by atoms with Gasteiger partial charge < -0.3 is 9.80 Å². The highest BCUT2D eigenvalue weighted by molar-refractivity contribution is 5.90. The molecule has 2 atom stereocenters. The van der Waals surface area contributed by atoms with E-state index in [0.717, 1.165) is 17.1 Å². The van der Waals surface area contributed by atoms with Crippen LogP contribution < -0.4 is 9.80 Å². The molecule has 2 aliphatic rings. The van der Waals surface area contributed by atoms with Crippen LogP contribution >= 0.6 is 0 Å². The van der Waals surface area contributed by atoms with E-state index in [0.29, 0.717) is 5.92 Å². The van der Waals surface area contributed by atoms with E-state index >= 15 is 0 Å². The molecule has 0 saturated heterocycles. The summed E-state index contributed by atoms with van der Waals surface area (Å²) in [7, 11) is 0. The molecule has 1 heterocycles. The Bertz CT molecular complexity index is 2610. The zero-order valence-corrected chi connectivity index (χ0v) is 31.0. The molecule has 0 fully saturated rings. The molecule has 1 aliphatic carbocycles. The first-order valence-corrected chi connectivity index (χ1v) is 19.4. The molecule has 0 amide bonds. The van der Waals surface area contributed by atoms with E-state index in [4.69, 9.17) is 0 Å². The van der Waals surface area contributed by atoms with Crippen LogP contribution in [0.2, 0.25) is 0 Å². The fraction of sp³-hybridized carbons (Fsp3) is 0.0370. The van der Waals surface area contributed by atoms with Crippen molar-refractivity contribution in [3.63, 3.8) is 0 Å². The molecular formula is C54H40N2. The third-order valence-corrected chi connectivity index (χ3v) is 11.2. The van der Waals surface area contributed by atoms with E-state index in [1.54, 1.807) is 0 Å². The fourth-order valence-electron chi connectivity index (χ4n) is 8.53. The van der Waals surface area contributed by atoms with Crippen molar-refractivity contribution >= 4 is 28.4 Å². The van der Waals surface area contributed by atoms with Gasteiger partial charge in [-0.2, -0.15) is 0 Å². The van der Waals surface area contributed by atoms with Gasteiger partial charge in [-0.1, -0.05) is 176 Å². The van der Waals surface area contributed by atoms with Gasteiger partial charge in [-0.05, 0) is 105 Å². The smallest absolute Gasteiger partial charge is 0.0629 e. The van der Waals surface area contributed by atoms with Crippen LogP contribution in [-0.2, 0) is 0 Å². The molecule has 10 rings (SSSR count). The van der Waals surface area contributed by atoms with Crippen molar-refractivity contribution in [1.29, 1.82) is 0 Å². The molecule has 8 aromatic carbocycles. The number of fused-ring (bicyclic) bond motifs is 3. The maximum Gasteiger partial charge on any atom is 0.0629 e. The highest BCUT2D eigenvalue weighted by Crippen LogP contribution is 2.48. The summed E-state index contributed by atoms with van der Waals surface area (Å²) in [6.45, 7) is 0. The average Bonchev–Trinajstić information content (AvgIpc) is 3.62. The highest BCUT2D eigenvalue weighted by Gasteiger charge is 2.37. The minimum atomic E-state index is 0.272. The van der Waals surface area contributed by atoms with Crippen molar-refractivity contribution in [3.05, 3.63) is 236 Å². The lowest BCUT2D eigenvalue weighted by Crippen LogP contribution is -2.28. The number of nitrogens with zero attached hydrogens (tertiary/aromatic N) is 2. The van der Waals surface area contributed by atoms with E-state index < -0.39 is 0 Å². The Kier molecular flexibility index (Phi) is 8.70. The second kappa shape index (κ2) is 14.6. The van der Waals surface area contributed by atoms with Crippen LogP contribution in [0.4, 0.5) is 28.4 Å². The number of hydrogen-bond acceptors (Lipinski definition) is 2. The molecule has 0 N–H and O–H groups in total. The summed E-state index contributed by atoms with van der Waals surface area (Å²) in [6, 6.07) is 75.0. The minimum Gasteiger partial charge on any atom is -0.333 e. The van der Waals surface area contributed by atoms with Crippen LogP contribution in [0.3, 0.4) is 0 Å². The van der Waals surface area contributed by atoms with Crippen molar-refractivity contribution in [2.75, 3.05) is 9.80 Å². The number of anilines is 5. The number of para-hydroxylation sites is 1. The monoisotopic (exact) mass is 716 g/mol. The third kappa shape index (κ3) is 6.22. The molecule has 0 saturated carbocycles. The lowest BCUT2D eigenvalue weighted by Gasteiger charge is -2.29. The van der Waals surface area contributed by atoms with E-state index in [1.807, 2.05) is 0 Å². The first-order valence-electron chi connectivity index (χ1n) is 19.4. The van der Waals surface area contributed by atoms with Gasteiger partial charge in [-0.15, -0.1) is 0 Å². The molecule has 8 aromatic rings. The lowest BCUT2D eigenvalue weighted by molar-refractivity contribution is 0.745. The quantitative estimate of drug-likeness (QED) is 0.154. The fourth-order valence-corrected chi connectivity index (χ4v) is 8.53. The first-order chi connectivity index (χ1) is 27.8. The van der Waals surface area contributed by atoms with Crippen LogP contribution in [0.25, 0.3) is 44.5 Å². The molecule has 0 radical (unpaired) electrons. The Labute approximate surface area is 329 Å². The van der Waals surface area contributed by atoms with Crippen molar-refractivity contribution in [2.24, 2.45) is 0 Å². The van der Waals surface area contributed by atoms with Gasteiger partial charge in [0.05, 0.1) is 6.04 Å². The molecule has 0 aromatic heterocycles. The maximum absolute atomic E-state index is 2.50. The van der Waals surface area contributed by atoms with Gasteiger partial charge in [-0.3, -0.25) is 0 Å². The minimum absolute atomic E-state index is 0.272. The molecule has 266 valence electrons. The van der Waals surface area contributed by atoms with E-state index in [9.17, 15) is 0 Å². The zero-order chi connectivity index (χ0) is 37.3. The second-order valence-corrected chi connectivity index (χ2v) is 14.5. The molecule has 2 nitrogen and oxygen atoms in total. The predicted octanol–water partition coefficient (Wildman–Crippen LogP) is 14.6. The standard InChI is InChI=1S/C54H40N2/c1-4-16-39(17-5-1)43-22-14-24-46(36-43)55(47-25-15-23-44(37-47)40-18-6-2-7-19-40)48-34-35-49(52(38-48)41-20-8-3-9-21-41)42-30-32-45(33-31-42)56-53-28-12-10-26-50(53)51-27-11-13-29-54(51)56/h1-38,50,53H. The van der Waals surface area contributed by atoms with Gasteiger partial charge in [-0.25, -0.2) is 0 Å². The molecule has 2 unspecified atom stereocenters. The number of benzene rings is 8. The first kappa shape index (κ1) is 33.4. The Balaban J connectivity index is 1.09. The molecule has 1 aliphatic heterocycles. The van der Waals surface area contributed by atoms with Crippen LogP contribution in [0.15, 0.2) is 231 Å². The third-order valence-electron chi connectivity index (χ3n) is 11.2. The summed E-state index contributed by atoms with van der Waals surface area (Å²) in [4.78, 5) is 4.89. The molecule has 56 heavy (non-hydrogen) atoms. The summed E-state index contributed by atoms with van der Waals surface area (Å²) in [5, 5.41) is 0. The lowest BCUT2D eigenvalue weighted by atomic mass is 9.91. The zero-order valence-electron chi connectivity index (χ0n) is 31.0. The summed E-state index contributed by atoms with van der Waals surface area (Å²) in [5.41, 5.74) is 16.7.